The third kappa shape index (κ3) is 2.26. The molecule has 0 radical (unpaired) electrons. The first-order valence-electron chi connectivity index (χ1n) is 4.22. The van der Waals surface area contributed by atoms with Crippen molar-refractivity contribution in [3.8, 4) is 0 Å². The first kappa shape index (κ1) is 10.8. The van der Waals surface area contributed by atoms with E-state index in [1.165, 1.54) is 23.5 Å². The molecule has 0 amide bonds. The normalized spacial score (nSPS) is 10.3. The number of hydrogen-bond donors (Lipinski definition) is 0. The Morgan fingerprint density at radius 2 is 2.13 bits per heavy atom. The van der Waals surface area contributed by atoms with Crippen molar-refractivity contribution in [3.05, 3.63) is 55.5 Å². The number of halogens is 2. The van der Waals surface area contributed by atoms with Gasteiger partial charge in [-0.2, -0.15) is 0 Å². The van der Waals surface area contributed by atoms with E-state index in [-0.39, 0.29) is 11.6 Å². The summed E-state index contributed by atoms with van der Waals surface area (Å²) in [7, 11) is 0. The fraction of sp³-hybridized carbons (Fsp3) is 0. The molecule has 0 saturated carbocycles. The van der Waals surface area contributed by atoms with E-state index in [4.69, 9.17) is 0 Å². The molecule has 15 heavy (non-hydrogen) atoms. The molecule has 76 valence electrons. The number of thiophene rings is 1. The third-order valence-corrected chi connectivity index (χ3v) is 4.09. The maximum Gasteiger partial charge on any atom is 0.204 e. The van der Waals surface area contributed by atoms with Gasteiger partial charge in [-0.1, -0.05) is 12.1 Å². The molecule has 0 unspecified atom stereocenters. The highest BCUT2D eigenvalue weighted by molar-refractivity contribution is 14.1. The average molecular weight is 332 g/mol. The molecule has 1 nitrogen and oxygen atoms in total. The fourth-order valence-electron chi connectivity index (χ4n) is 1.22. The molecule has 0 spiro atoms. The number of benzene rings is 1. The second-order valence-corrected chi connectivity index (χ2v) is 5.02. The van der Waals surface area contributed by atoms with E-state index in [0.29, 0.717) is 10.4 Å². The molecule has 0 aliphatic carbocycles. The Kier molecular flexibility index (Phi) is 3.16. The minimum Gasteiger partial charge on any atom is -0.288 e. The van der Waals surface area contributed by atoms with Crippen LogP contribution in [0.15, 0.2) is 35.7 Å². The second-order valence-electron chi connectivity index (χ2n) is 2.94. The predicted octanol–water partition coefficient (Wildman–Crippen LogP) is 3.72. The van der Waals surface area contributed by atoms with Crippen molar-refractivity contribution in [1.29, 1.82) is 0 Å². The number of ketones is 1. The van der Waals surface area contributed by atoms with Crippen LogP contribution in [0.4, 0.5) is 4.39 Å². The van der Waals surface area contributed by atoms with E-state index in [0.717, 1.165) is 3.57 Å². The Balaban J connectivity index is 2.41. The van der Waals surface area contributed by atoms with Crippen LogP contribution >= 0.6 is 33.9 Å². The summed E-state index contributed by atoms with van der Waals surface area (Å²) in [6.07, 6.45) is 0. The summed E-state index contributed by atoms with van der Waals surface area (Å²) in [5, 5.41) is 1.86. The Morgan fingerprint density at radius 3 is 2.73 bits per heavy atom. The van der Waals surface area contributed by atoms with Crippen LogP contribution in [0.1, 0.15) is 15.2 Å². The van der Waals surface area contributed by atoms with Crippen molar-refractivity contribution in [1.82, 2.24) is 0 Å². The lowest BCUT2D eigenvalue weighted by Crippen LogP contribution is -2.00. The lowest BCUT2D eigenvalue weighted by molar-refractivity contribution is 0.104. The standard InChI is InChI=1S/C11H6FIOS/c12-8-3-1-2-7(6-8)10(14)11-9(13)4-5-15-11/h1-6H. The maximum atomic E-state index is 12.9. The van der Waals surface area contributed by atoms with Crippen LogP contribution in [0.3, 0.4) is 0 Å². The average Bonchev–Trinajstić information content (AvgIpc) is 2.63. The SMILES string of the molecule is O=C(c1cccc(F)c1)c1sccc1I. The molecule has 4 heteroatoms. The van der Waals surface area contributed by atoms with Gasteiger partial charge in [0.15, 0.2) is 0 Å². The van der Waals surface area contributed by atoms with E-state index in [9.17, 15) is 9.18 Å². The van der Waals surface area contributed by atoms with Crippen molar-refractivity contribution in [2.75, 3.05) is 0 Å². The van der Waals surface area contributed by atoms with Gasteiger partial charge in [0.05, 0.1) is 4.88 Å². The van der Waals surface area contributed by atoms with E-state index in [2.05, 4.69) is 22.6 Å². The van der Waals surface area contributed by atoms with Crippen LogP contribution in [0.5, 0.6) is 0 Å². The van der Waals surface area contributed by atoms with Crippen molar-refractivity contribution in [2.24, 2.45) is 0 Å². The predicted molar refractivity (Wildman–Crippen MR) is 66.9 cm³/mol. The number of hydrogen-bond acceptors (Lipinski definition) is 2. The van der Waals surface area contributed by atoms with E-state index in [1.807, 2.05) is 11.4 Å². The largest absolute Gasteiger partial charge is 0.288 e. The Hall–Kier alpha value is -0.750. The number of carbonyl (C=O) groups is 1. The highest BCUT2D eigenvalue weighted by atomic mass is 127. The van der Waals surface area contributed by atoms with E-state index >= 15 is 0 Å². The molecule has 0 aliphatic rings. The van der Waals surface area contributed by atoms with Gasteiger partial charge in [0.1, 0.15) is 5.82 Å². The third-order valence-electron chi connectivity index (χ3n) is 1.91. The van der Waals surface area contributed by atoms with Gasteiger partial charge in [0, 0.05) is 9.13 Å². The van der Waals surface area contributed by atoms with Crippen LogP contribution in [0.25, 0.3) is 0 Å². The zero-order chi connectivity index (χ0) is 10.8. The van der Waals surface area contributed by atoms with E-state index < -0.39 is 0 Å². The molecule has 0 saturated heterocycles. The van der Waals surface area contributed by atoms with Gasteiger partial charge in [0.25, 0.3) is 0 Å². The molecule has 0 bridgehead atoms. The number of rotatable bonds is 2. The summed E-state index contributed by atoms with van der Waals surface area (Å²) in [5.41, 5.74) is 0.398. The zero-order valence-corrected chi connectivity index (χ0v) is 10.5. The first-order valence-corrected chi connectivity index (χ1v) is 6.17. The Labute approximate surface area is 104 Å². The summed E-state index contributed by atoms with van der Waals surface area (Å²) in [6.45, 7) is 0. The van der Waals surface area contributed by atoms with Crippen LogP contribution in [-0.2, 0) is 0 Å². The summed E-state index contributed by atoms with van der Waals surface area (Å²) >= 11 is 3.48. The summed E-state index contributed by atoms with van der Waals surface area (Å²) in [5.74, 6) is -0.499. The molecular formula is C11H6FIOS. The molecular weight excluding hydrogens is 326 g/mol. The van der Waals surface area contributed by atoms with Crippen molar-refractivity contribution < 1.29 is 9.18 Å². The lowest BCUT2D eigenvalue weighted by Gasteiger charge is -1.98. The lowest BCUT2D eigenvalue weighted by atomic mass is 10.1. The monoisotopic (exact) mass is 332 g/mol. The minimum absolute atomic E-state index is 0.117. The molecule has 0 N–H and O–H groups in total. The molecule has 0 aliphatic heterocycles. The van der Waals surface area contributed by atoms with Gasteiger partial charge >= 0.3 is 0 Å². The van der Waals surface area contributed by atoms with Gasteiger partial charge in [-0.3, -0.25) is 4.79 Å². The minimum atomic E-state index is -0.382. The molecule has 2 rings (SSSR count). The quantitative estimate of drug-likeness (QED) is 0.605. The Morgan fingerprint density at radius 1 is 1.33 bits per heavy atom. The topological polar surface area (TPSA) is 17.1 Å². The van der Waals surface area contributed by atoms with Crippen LogP contribution in [-0.4, -0.2) is 5.78 Å². The molecule has 2 aromatic rings. The smallest absolute Gasteiger partial charge is 0.204 e. The summed E-state index contributed by atoms with van der Waals surface area (Å²) < 4.78 is 13.8. The fourth-order valence-corrected chi connectivity index (χ4v) is 3.01. The summed E-state index contributed by atoms with van der Waals surface area (Å²) in [6, 6.07) is 7.64. The van der Waals surface area contributed by atoms with E-state index in [1.54, 1.807) is 12.1 Å². The second kappa shape index (κ2) is 4.40. The van der Waals surface area contributed by atoms with Crippen molar-refractivity contribution in [2.45, 2.75) is 0 Å². The van der Waals surface area contributed by atoms with Crippen LogP contribution in [0.2, 0.25) is 0 Å². The summed E-state index contributed by atoms with van der Waals surface area (Å²) in [4.78, 5) is 12.6. The van der Waals surface area contributed by atoms with Gasteiger partial charge in [-0.25, -0.2) is 4.39 Å². The van der Waals surface area contributed by atoms with Crippen LogP contribution < -0.4 is 0 Å². The molecule has 0 atom stereocenters. The molecule has 1 aromatic carbocycles. The van der Waals surface area contributed by atoms with Gasteiger partial charge < -0.3 is 0 Å². The maximum absolute atomic E-state index is 12.9. The van der Waals surface area contributed by atoms with Crippen LogP contribution in [0, 0.1) is 9.39 Å². The molecule has 1 heterocycles. The molecule has 0 fully saturated rings. The van der Waals surface area contributed by atoms with Gasteiger partial charge in [0.2, 0.25) is 5.78 Å². The Bertz CT molecular complexity index is 507. The van der Waals surface area contributed by atoms with Crippen molar-refractivity contribution in [3.63, 3.8) is 0 Å². The van der Waals surface area contributed by atoms with Crippen molar-refractivity contribution >= 4 is 39.7 Å². The van der Waals surface area contributed by atoms with Gasteiger partial charge in [-0.15, -0.1) is 11.3 Å². The first-order chi connectivity index (χ1) is 7.18. The number of carbonyl (C=O) groups excluding carboxylic acids is 1. The molecule has 1 aromatic heterocycles. The highest BCUT2D eigenvalue weighted by Gasteiger charge is 2.13. The van der Waals surface area contributed by atoms with Gasteiger partial charge in [-0.05, 0) is 46.2 Å². The zero-order valence-electron chi connectivity index (χ0n) is 7.54. The highest BCUT2D eigenvalue weighted by Crippen LogP contribution is 2.22.